The fraction of sp³-hybridized carbons (Fsp3) is 0.389. The summed E-state index contributed by atoms with van der Waals surface area (Å²) in [5, 5.41) is 5.94. The average Bonchev–Trinajstić information content (AvgIpc) is 2.93. The van der Waals surface area contributed by atoms with Crippen LogP contribution in [0.25, 0.3) is 0 Å². The SMILES string of the molecule is CCCN(CC(=O)Nc1ccc(F)c(F)c1F)C(=O)Cc1c(C)noc1C. The van der Waals surface area contributed by atoms with Gasteiger partial charge in [0.1, 0.15) is 5.76 Å². The fourth-order valence-electron chi connectivity index (χ4n) is 2.56. The van der Waals surface area contributed by atoms with Gasteiger partial charge >= 0.3 is 0 Å². The van der Waals surface area contributed by atoms with Crippen LogP contribution in [-0.2, 0) is 16.0 Å². The summed E-state index contributed by atoms with van der Waals surface area (Å²) in [6.07, 6.45) is 0.605. The molecule has 0 radical (unpaired) electrons. The first-order valence-electron chi connectivity index (χ1n) is 8.37. The normalized spacial score (nSPS) is 10.7. The molecule has 2 rings (SSSR count). The van der Waals surface area contributed by atoms with E-state index in [1.807, 2.05) is 6.92 Å². The molecule has 0 aliphatic carbocycles. The van der Waals surface area contributed by atoms with Gasteiger partial charge in [0.2, 0.25) is 11.8 Å². The molecule has 1 aromatic carbocycles. The van der Waals surface area contributed by atoms with E-state index < -0.39 is 29.0 Å². The van der Waals surface area contributed by atoms with Crippen molar-refractivity contribution < 1.29 is 27.3 Å². The molecule has 27 heavy (non-hydrogen) atoms. The highest BCUT2D eigenvalue weighted by molar-refractivity contribution is 5.95. The minimum absolute atomic E-state index is 0.00792. The number of nitrogens with one attached hydrogen (secondary N) is 1. The van der Waals surface area contributed by atoms with Gasteiger partial charge in [0.05, 0.1) is 24.3 Å². The smallest absolute Gasteiger partial charge is 0.244 e. The van der Waals surface area contributed by atoms with Gasteiger partial charge in [0, 0.05) is 12.1 Å². The van der Waals surface area contributed by atoms with Gasteiger partial charge < -0.3 is 14.7 Å². The average molecular weight is 383 g/mol. The van der Waals surface area contributed by atoms with Crippen LogP contribution in [0.5, 0.6) is 0 Å². The first-order chi connectivity index (χ1) is 12.7. The van der Waals surface area contributed by atoms with Gasteiger partial charge in [-0.3, -0.25) is 9.59 Å². The van der Waals surface area contributed by atoms with Crippen LogP contribution in [-0.4, -0.2) is 35.0 Å². The lowest BCUT2D eigenvalue weighted by molar-refractivity contribution is -0.134. The van der Waals surface area contributed by atoms with Crippen molar-refractivity contribution in [1.29, 1.82) is 0 Å². The Morgan fingerprint density at radius 3 is 2.48 bits per heavy atom. The second-order valence-electron chi connectivity index (χ2n) is 6.07. The van der Waals surface area contributed by atoms with Crippen LogP contribution < -0.4 is 5.32 Å². The second-order valence-corrected chi connectivity index (χ2v) is 6.07. The number of carbonyl (C=O) groups is 2. The molecule has 146 valence electrons. The molecule has 1 aromatic heterocycles. The third kappa shape index (κ3) is 4.87. The Bertz CT molecular complexity index is 832. The van der Waals surface area contributed by atoms with Crippen molar-refractivity contribution in [2.24, 2.45) is 0 Å². The van der Waals surface area contributed by atoms with Crippen LogP contribution in [0.4, 0.5) is 18.9 Å². The molecule has 2 aromatic rings. The molecule has 0 fully saturated rings. The predicted octanol–water partition coefficient (Wildman–Crippen LogP) is 3.13. The maximum atomic E-state index is 13.7. The van der Waals surface area contributed by atoms with Gasteiger partial charge in [-0.25, -0.2) is 13.2 Å². The fourth-order valence-corrected chi connectivity index (χ4v) is 2.56. The number of anilines is 1. The zero-order valence-electron chi connectivity index (χ0n) is 15.2. The molecule has 2 amide bonds. The Morgan fingerprint density at radius 2 is 1.89 bits per heavy atom. The van der Waals surface area contributed by atoms with Gasteiger partial charge in [0.15, 0.2) is 17.5 Å². The van der Waals surface area contributed by atoms with E-state index in [0.29, 0.717) is 36.0 Å². The molecular formula is C18H20F3N3O3. The molecular weight excluding hydrogens is 363 g/mol. The zero-order chi connectivity index (χ0) is 20.1. The topological polar surface area (TPSA) is 75.4 Å². The number of aryl methyl sites for hydroxylation is 2. The number of hydrogen-bond acceptors (Lipinski definition) is 4. The molecule has 0 atom stereocenters. The van der Waals surface area contributed by atoms with Crippen molar-refractivity contribution in [2.45, 2.75) is 33.6 Å². The minimum Gasteiger partial charge on any atom is -0.361 e. The van der Waals surface area contributed by atoms with E-state index in [1.54, 1.807) is 13.8 Å². The summed E-state index contributed by atoms with van der Waals surface area (Å²) in [4.78, 5) is 26.0. The van der Waals surface area contributed by atoms with Crippen molar-refractivity contribution in [3.8, 4) is 0 Å². The van der Waals surface area contributed by atoms with Crippen LogP contribution >= 0.6 is 0 Å². The number of hydrogen-bond donors (Lipinski definition) is 1. The Kier molecular flexibility index (Phi) is 6.59. The maximum Gasteiger partial charge on any atom is 0.244 e. The van der Waals surface area contributed by atoms with Crippen molar-refractivity contribution in [2.75, 3.05) is 18.4 Å². The number of halogens is 3. The van der Waals surface area contributed by atoms with Gasteiger partial charge in [-0.05, 0) is 32.4 Å². The van der Waals surface area contributed by atoms with Gasteiger partial charge in [-0.1, -0.05) is 12.1 Å². The summed E-state index contributed by atoms with van der Waals surface area (Å²) in [5.74, 6) is -5.05. The van der Waals surface area contributed by atoms with E-state index in [9.17, 15) is 22.8 Å². The Hall–Kier alpha value is -2.84. The van der Waals surface area contributed by atoms with Crippen LogP contribution in [0.15, 0.2) is 16.7 Å². The lowest BCUT2D eigenvalue weighted by Crippen LogP contribution is -2.39. The number of carbonyl (C=O) groups excluding carboxylic acids is 2. The first kappa shape index (κ1) is 20.5. The quantitative estimate of drug-likeness (QED) is 0.746. The molecule has 0 unspecified atom stereocenters. The van der Waals surface area contributed by atoms with Crippen molar-refractivity contribution in [1.82, 2.24) is 10.1 Å². The Morgan fingerprint density at radius 1 is 1.19 bits per heavy atom. The number of aromatic nitrogens is 1. The van der Waals surface area contributed by atoms with Gasteiger partial charge in [-0.2, -0.15) is 0 Å². The lowest BCUT2D eigenvalue weighted by atomic mass is 10.1. The highest BCUT2D eigenvalue weighted by Crippen LogP contribution is 2.20. The minimum atomic E-state index is -1.67. The molecule has 0 saturated carbocycles. The van der Waals surface area contributed by atoms with Crippen molar-refractivity contribution in [3.63, 3.8) is 0 Å². The van der Waals surface area contributed by atoms with Crippen LogP contribution in [0.1, 0.15) is 30.4 Å². The molecule has 1 N–H and O–H groups in total. The standard InChI is InChI=1S/C18H20F3N3O3/c1-4-7-24(16(26)8-12-10(2)23-27-11(12)3)9-15(25)22-14-6-5-13(19)17(20)18(14)21/h5-6H,4,7-9H2,1-3H3,(H,22,25). The molecule has 0 aliphatic heterocycles. The van der Waals surface area contributed by atoms with E-state index in [-0.39, 0.29) is 18.9 Å². The molecule has 6 nitrogen and oxygen atoms in total. The summed E-state index contributed by atoms with van der Waals surface area (Å²) >= 11 is 0. The summed E-state index contributed by atoms with van der Waals surface area (Å²) in [6, 6.07) is 1.63. The third-order valence-electron chi connectivity index (χ3n) is 4.00. The highest BCUT2D eigenvalue weighted by Gasteiger charge is 2.22. The molecule has 0 bridgehead atoms. The van der Waals surface area contributed by atoms with E-state index in [0.717, 1.165) is 6.07 Å². The number of rotatable bonds is 7. The van der Waals surface area contributed by atoms with E-state index in [4.69, 9.17) is 4.52 Å². The van der Waals surface area contributed by atoms with E-state index in [1.165, 1.54) is 4.90 Å². The van der Waals surface area contributed by atoms with Gasteiger partial charge in [-0.15, -0.1) is 0 Å². The third-order valence-corrected chi connectivity index (χ3v) is 4.00. The van der Waals surface area contributed by atoms with Crippen LogP contribution in [0.3, 0.4) is 0 Å². The summed E-state index contributed by atoms with van der Waals surface area (Å²) in [5.41, 5.74) is 0.743. The molecule has 1 heterocycles. The van der Waals surface area contributed by atoms with Crippen molar-refractivity contribution in [3.05, 3.63) is 46.6 Å². The molecule has 0 spiro atoms. The monoisotopic (exact) mass is 383 g/mol. The number of benzene rings is 1. The van der Waals surface area contributed by atoms with Crippen molar-refractivity contribution >= 4 is 17.5 Å². The maximum absolute atomic E-state index is 13.7. The summed E-state index contributed by atoms with van der Waals surface area (Å²) in [7, 11) is 0. The summed E-state index contributed by atoms with van der Waals surface area (Å²) < 4.78 is 44.9. The summed E-state index contributed by atoms with van der Waals surface area (Å²) in [6.45, 7) is 5.18. The van der Waals surface area contributed by atoms with E-state index >= 15 is 0 Å². The number of amides is 2. The predicted molar refractivity (Wildman–Crippen MR) is 91.5 cm³/mol. The Balaban J connectivity index is 2.07. The largest absolute Gasteiger partial charge is 0.361 e. The van der Waals surface area contributed by atoms with E-state index in [2.05, 4.69) is 10.5 Å². The van der Waals surface area contributed by atoms with Crippen LogP contribution in [0.2, 0.25) is 0 Å². The molecule has 0 aliphatic rings. The Labute approximate surface area is 154 Å². The highest BCUT2D eigenvalue weighted by atomic mass is 19.2. The number of nitrogens with zero attached hydrogens (tertiary/aromatic N) is 2. The van der Waals surface area contributed by atoms with Gasteiger partial charge in [0.25, 0.3) is 0 Å². The molecule has 9 heteroatoms. The first-order valence-corrected chi connectivity index (χ1v) is 8.37. The van der Waals surface area contributed by atoms with Crippen LogP contribution in [0, 0.1) is 31.3 Å². The second kappa shape index (κ2) is 8.70. The zero-order valence-corrected chi connectivity index (χ0v) is 15.2. The lowest BCUT2D eigenvalue weighted by Gasteiger charge is -2.21. The molecule has 0 saturated heterocycles.